The fourth-order valence-electron chi connectivity index (χ4n) is 2.90. The van der Waals surface area contributed by atoms with Gasteiger partial charge in [-0.2, -0.15) is 5.26 Å². The molecule has 0 aliphatic rings. The number of nitriles is 1. The molecule has 7 nitrogen and oxygen atoms in total. The first-order valence-electron chi connectivity index (χ1n) is 9.10. The Hall–Kier alpha value is -3.79. The molecule has 1 aromatic heterocycles. The van der Waals surface area contributed by atoms with Gasteiger partial charge in [0.1, 0.15) is 23.4 Å². The molecule has 29 heavy (non-hydrogen) atoms. The molecule has 0 aliphatic carbocycles. The van der Waals surface area contributed by atoms with Crippen LogP contribution in [0.15, 0.2) is 60.9 Å². The highest BCUT2D eigenvalue weighted by Gasteiger charge is 2.24. The lowest BCUT2D eigenvalue weighted by Gasteiger charge is -2.22. The number of aromatic nitrogens is 2. The zero-order valence-electron chi connectivity index (χ0n) is 16.5. The van der Waals surface area contributed by atoms with Gasteiger partial charge < -0.3 is 19.4 Å². The molecule has 2 unspecified atom stereocenters. The van der Waals surface area contributed by atoms with Gasteiger partial charge in [-0.15, -0.1) is 0 Å². The molecule has 0 radical (unpaired) electrons. The van der Waals surface area contributed by atoms with Crippen LogP contribution in [0.2, 0.25) is 0 Å². The minimum absolute atomic E-state index is 0.287. The third-order valence-electron chi connectivity index (χ3n) is 4.50. The summed E-state index contributed by atoms with van der Waals surface area (Å²) in [6, 6.07) is 15.7. The van der Waals surface area contributed by atoms with Gasteiger partial charge in [-0.25, -0.2) is 4.98 Å². The van der Waals surface area contributed by atoms with Crippen molar-refractivity contribution in [3.05, 3.63) is 77.9 Å². The molecule has 3 aromatic rings. The smallest absolute Gasteiger partial charge is 0.261 e. The lowest BCUT2D eigenvalue weighted by molar-refractivity contribution is -0.127. The molecule has 0 saturated heterocycles. The molecular weight excluding hydrogens is 368 g/mol. The van der Waals surface area contributed by atoms with Crippen LogP contribution in [-0.4, -0.2) is 28.7 Å². The van der Waals surface area contributed by atoms with Crippen molar-refractivity contribution >= 4 is 5.91 Å². The predicted molar refractivity (Wildman–Crippen MR) is 107 cm³/mol. The van der Waals surface area contributed by atoms with E-state index < -0.39 is 12.1 Å². The number of aryl methyl sites for hydroxylation is 1. The largest absolute Gasteiger partial charge is 0.497 e. The van der Waals surface area contributed by atoms with Gasteiger partial charge in [0, 0.05) is 19.4 Å². The fourth-order valence-corrected chi connectivity index (χ4v) is 2.90. The monoisotopic (exact) mass is 390 g/mol. The minimum atomic E-state index is -0.740. The van der Waals surface area contributed by atoms with Crippen LogP contribution >= 0.6 is 0 Å². The Morgan fingerprint density at radius 3 is 2.59 bits per heavy atom. The molecular formula is C22H22N4O3. The molecule has 0 fully saturated rings. The first kappa shape index (κ1) is 20.0. The predicted octanol–water partition coefficient (Wildman–Crippen LogP) is 2.97. The molecule has 0 saturated carbocycles. The number of hydrogen-bond donors (Lipinski definition) is 1. The summed E-state index contributed by atoms with van der Waals surface area (Å²) in [5.41, 5.74) is 1.37. The lowest BCUT2D eigenvalue weighted by atomic mass is 10.1. The van der Waals surface area contributed by atoms with Crippen molar-refractivity contribution in [3.8, 4) is 17.6 Å². The molecule has 0 bridgehead atoms. The topological polar surface area (TPSA) is 89.2 Å². The number of carbonyl (C=O) groups is 1. The van der Waals surface area contributed by atoms with Crippen LogP contribution in [0.4, 0.5) is 0 Å². The molecule has 148 valence electrons. The summed E-state index contributed by atoms with van der Waals surface area (Å²) < 4.78 is 12.9. The van der Waals surface area contributed by atoms with Gasteiger partial charge in [0.05, 0.1) is 18.7 Å². The van der Waals surface area contributed by atoms with Gasteiger partial charge in [0.15, 0.2) is 6.10 Å². The van der Waals surface area contributed by atoms with Crippen LogP contribution in [-0.2, 0) is 11.8 Å². The minimum Gasteiger partial charge on any atom is -0.497 e. The number of methoxy groups -OCH3 is 1. The number of benzene rings is 2. The van der Waals surface area contributed by atoms with E-state index in [0.717, 1.165) is 5.56 Å². The van der Waals surface area contributed by atoms with Crippen molar-refractivity contribution in [2.24, 2.45) is 7.05 Å². The quantitative estimate of drug-likeness (QED) is 0.670. The highest BCUT2D eigenvalue weighted by Crippen LogP contribution is 2.24. The summed E-state index contributed by atoms with van der Waals surface area (Å²) in [6.45, 7) is 1.68. The van der Waals surface area contributed by atoms with Gasteiger partial charge in [-0.05, 0) is 48.9 Å². The third kappa shape index (κ3) is 4.74. The summed E-state index contributed by atoms with van der Waals surface area (Å²) in [4.78, 5) is 17.3. The van der Waals surface area contributed by atoms with Crippen molar-refractivity contribution in [1.82, 2.24) is 14.9 Å². The molecule has 1 amide bonds. The van der Waals surface area contributed by atoms with Crippen molar-refractivity contribution in [3.63, 3.8) is 0 Å². The van der Waals surface area contributed by atoms with Crippen molar-refractivity contribution in [1.29, 1.82) is 5.26 Å². The van der Waals surface area contributed by atoms with Crippen LogP contribution < -0.4 is 14.8 Å². The Kier molecular flexibility index (Phi) is 6.15. The Morgan fingerprint density at radius 1 is 1.21 bits per heavy atom. The van der Waals surface area contributed by atoms with Gasteiger partial charge >= 0.3 is 0 Å². The fraction of sp³-hybridized carbons (Fsp3) is 0.227. The molecule has 2 aromatic carbocycles. The highest BCUT2D eigenvalue weighted by atomic mass is 16.5. The van der Waals surface area contributed by atoms with Gasteiger partial charge in [-0.1, -0.05) is 12.1 Å². The summed E-state index contributed by atoms with van der Waals surface area (Å²) in [5, 5.41) is 11.9. The zero-order chi connectivity index (χ0) is 20.8. The van der Waals surface area contributed by atoms with E-state index >= 15 is 0 Å². The average molecular weight is 390 g/mol. The van der Waals surface area contributed by atoms with E-state index in [9.17, 15) is 4.79 Å². The number of nitrogens with zero attached hydrogens (tertiary/aromatic N) is 3. The second kappa shape index (κ2) is 8.93. The van der Waals surface area contributed by atoms with Crippen molar-refractivity contribution in [2.75, 3.05) is 7.11 Å². The van der Waals surface area contributed by atoms with Crippen LogP contribution in [0.3, 0.4) is 0 Å². The summed E-state index contributed by atoms with van der Waals surface area (Å²) in [5.74, 6) is 1.61. The molecule has 0 spiro atoms. The van der Waals surface area contributed by atoms with E-state index in [1.54, 1.807) is 44.5 Å². The van der Waals surface area contributed by atoms with E-state index in [-0.39, 0.29) is 5.91 Å². The number of ether oxygens (including phenoxy) is 2. The van der Waals surface area contributed by atoms with E-state index in [1.165, 1.54) is 0 Å². The molecule has 1 N–H and O–H groups in total. The maximum absolute atomic E-state index is 12.9. The van der Waals surface area contributed by atoms with Crippen LogP contribution in [0.5, 0.6) is 11.5 Å². The van der Waals surface area contributed by atoms with Crippen molar-refractivity contribution in [2.45, 2.75) is 19.1 Å². The van der Waals surface area contributed by atoms with Gasteiger partial charge in [0.25, 0.3) is 5.91 Å². The summed E-state index contributed by atoms with van der Waals surface area (Å²) >= 11 is 0. The maximum atomic E-state index is 12.9. The lowest BCUT2D eigenvalue weighted by Crippen LogP contribution is -2.39. The van der Waals surface area contributed by atoms with Crippen molar-refractivity contribution < 1.29 is 14.3 Å². The average Bonchev–Trinajstić information content (AvgIpc) is 3.17. The van der Waals surface area contributed by atoms with Crippen LogP contribution in [0, 0.1) is 11.3 Å². The Morgan fingerprint density at radius 2 is 1.97 bits per heavy atom. The number of amides is 1. The third-order valence-corrected chi connectivity index (χ3v) is 4.50. The highest BCUT2D eigenvalue weighted by molar-refractivity contribution is 5.81. The van der Waals surface area contributed by atoms with Gasteiger partial charge in [-0.3, -0.25) is 4.79 Å². The van der Waals surface area contributed by atoms with E-state index in [4.69, 9.17) is 14.7 Å². The van der Waals surface area contributed by atoms with E-state index in [0.29, 0.717) is 22.9 Å². The molecule has 2 atom stereocenters. The SMILES string of the molecule is COc1cccc(C(NC(=O)C(C)Oc2ccc(C#N)cc2)c2nccn2C)c1. The molecule has 3 rings (SSSR count). The van der Waals surface area contributed by atoms with Crippen LogP contribution in [0.25, 0.3) is 0 Å². The summed E-state index contributed by atoms with van der Waals surface area (Å²) in [6.07, 6.45) is 2.77. The number of hydrogen-bond acceptors (Lipinski definition) is 5. The first-order chi connectivity index (χ1) is 14.0. The van der Waals surface area contributed by atoms with E-state index in [2.05, 4.69) is 16.4 Å². The molecule has 1 heterocycles. The molecule has 7 heteroatoms. The number of carbonyl (C=O) groups excluding carboxylic acids is 1. The zero-order valence-corrected chi connectivity index (χ0v) is 16.5. The maximum Gasteiger partial charge on any atom is 0.261 e. The normalized spacial score (nSPS) is 12.5. The Labute approximate surface area is 169 Å². The Bertz CT molecular complexity index is 1020. The second-order valence-electron chi connectivity index (χ2n) is 6.51. The number of imidazole rings is 1. The standard InChI is InChI=1S/C22H22N4O3/c1-15(29-18-9-7-16(14-23)8-10-18)22(27)25-20(21-24-11-12-26(21)2)17-5-4-6-19(13-17)28-3/h4-13,15,20H,1-3H3,(H,25,27). The number of nitrogens with one attached hydrogen (secondary N) is 1. The Balaban J connectivity index is 1.80. The first-order valence-corrected chi connectivity index (χ1v) is 9.10. The second-order valence-corrected chi connectivity index (χ2v) is 6.51. The van der Waals surface area contributed by atoms with E-state index in [1.807, 2.05) is 42.1 Å². The number of rotatable bonds is 7. The molecule has 0 aliphatic heterocycles. The van der Waals surface area contributed by atoms with Gasteiger partial charge in [0.2, 0.25) is 0 Å². The summed E-state index contributed by atoms with van der Waals surface area (Å²) in [7, 11) is 3.47. The van der Waals surface area contributed by atoms with Crippen LogP contribution in [0.1, 0.15) is 29.9 Å².